The van der Waals surface area contributed by atoms with Crippen molar-refractivity contribution in [2.24, 2.45) is 5.92 Å². The number of likely N-dealkylation sites (N-methyl/N-ethyl adjacent to an activating group) is 1. The summed E-state index contributed by atoms with van der Waals surface area (Å²) in [6.45, 7) is 3.09. The van der Waals surface area contributed by atoms with Gasteiger partial charge < -0.3 is 10.2 Å². The molecule has 3 rings (SSSR count). The van der Waals surface area contributed by atoms with E-state index in [9.17, 15) is 13.2 Å². The Balaban J connectivity index is 1.85. The number of aryl methyl sites for hydroxylation is 1. The Morgan fingerprint density at radius 1 is 1.30 bits per heavy atom. The van der Waals surface area contributed by atoms with Gasteiger partial charge in [-0.1, -0.05) is 0 Å². The number of anilines is 1. The minimum atomic E-state index is -3.47. The number of carbonyl (C=O) groups is 1. The van der Waals surface area contributed by atoms with Gasteiger partial charge in [-0.2, -0.15) is 4.31 Å². The van der Waals surface area contributed by atoms with Crippen molar-refractivity contribution in [3.63, 3.8) is 0 Å². The van der Waals surface area contributed by atoms with Crippen LogP contribution < -0.4 is 10.2 Å². The number of fused-ring (bicyclic) bond motifs is 1. The number of rotatable bonds is 3. The molecule has 2 aliphatic heterocycles. The number of nitrogens with one attached hydrogen (secondary N) is 1. The van der Waals surface area contributed by atoms with Gasteiger partial charge in [0.05, 0.1) is 6.26 Å². The zero-order chi connectivity index (χ0) is 16.8. The lowest BCUT2D eigenvalue weighted by Gasteiger charge is -2.27. The van der Waals surface area contributed by atoms with Crippen molar-refractivity contribution in [2.45, 2.75) is 25.4 Å². The van der Waals surface area contributed by atoms with Crippen LogP contribution in [0, 0.1) is 12.8 Å². The summed E-state index contributed by atoms with van der Waals surface area (Å²) in [5, 5.41) is 2.56. The van der Waals surface area contributed by atoms with Crippen LogP contribution in [0.25, 0.3) is 0 Å². The highest BCUT2D eigenvalue weighted by Gasteiger charge is 2.52. The van der Waals surface area contributed by atoms with E-state index in [2.05, 4.69) is 15.3 Å². The molecule has 3 atom stereocenters. The quantitative estimate of drug-likeness (QED) is 0.788. The minimum absolute atomic E-state index is 0.108. The fraction of sp³-hybridized carbons (Fsp3) is 0.643. The Morgan fingerprint density at radius 3 is 2.52 bits per heavy atom. The van der Waals surface area contributed by atoms with Crippen LogP contribution in [0.2, 0.25) is 0 Å². The predicted molar refractivity (Wildman–Crippen MR) is 85.4 cm³/mol. The molecule has 0 saturated carbocycles. The van der Waals surface area contributed by atoms with Gasteiger partial charge in [0.25, 0.3) is 0 Å². The van der Waals surface area contributed by atoms with Gasteiger partial charge in [0.2, 0.25) is 21.9 Å². The molecule has 0 aromatic carbocycles. The van der Waals surface area contributed by atoms with Crippen LogP contribution in [0.5, 0.6) is 0 Å². The second-order valence-corrected chi connectivity index (χ2v) is 8.14. The number of carbonyl (C=O) groups excluding carboxylic acids is 1. The predicted octanol–water partition coefficient (Wildman–Crippen LogP) is -0.630. The third-order valence-corrected chi connectivity index (χ3v) is 5.84. The second kappa shape index (κ2) is 5.72. The van der Waals surface area contributed by atoms with E-state index in [0.717, 1.165) is 11.8 Å². The molecule has 1 amide bonds. The van der Waals surface area contributed by atoms with E-state index in [1.54, 1.807) is 12.4 Å². The van der Waals surface area contributed by atoms with E-state index >= 15 is 0 Å². The smallest absolute Gasteiger partial charge is 0.238 e. The molecule has 2 aliphatic rings. The van der Waals surface area contributed by atoms with Crippen LogP contribution in [-0.4, -0.2) is 67.1 Å². The van der Waals surface area contributed by atoms with Crippen molar-refractivity contribution >= 4 is 21.9 Å². The molecule has 1 aromatic heterocycles. The summed E-state index contributed by atoms with van der Waals surface area (Å²) in [6.07, 6.45) is 5.19. The van der Waals surface area contributed by atoms with Crippen LogP contribution in [-0.2, 0) is 14.8 Å². The zero-order valence-corrected chi connectivity index (χ0v) is 14.2. The highest BCUT2D eigenvalue weighted by Crippen LogP contribution is 2.38. The molecule has 0 unspecified atom stereocenters. The molecule has 126 valence electrons. The third kappa shape index (κ3) is 2.90. The summed E-state index contributed by atoms with van der Waals surface area (Å²) in [6, 6.07) is -0.830. The fourth-order valence-electron chi connectivity index (χ4n) is 3.57. The average molecular weight is 339 g/mol. The van der Waals surface area contributed by atoms with Crippen molar-refractivity contribution < 1.29 is 13.2 Å². The molecule has 0 bridgehead atoms. The molecule has 8 nitrogen and oxygen atoms in total. The summed E-state index contributed by atoms with van der Waals surface area (Å²) < 4.78 is 25.7. The topological polar surface area (TPSA) is 95.5 Å². The van der Waals surface area contributed by atoms with E-state index in [-0.39, 0.29) is 17.9 Å². The zero-order valence-electron chi connectivity index (χ0n) is 13.4. The first-order valence-corrected chi connectivity index (χ1v) is 9.40. The van der Waals surface area contributed by atoms with E-state index < -0.39 is 16.1 Å². The fourth-order valence-corrected chi connectivity index (χ4v) is 4.95. The van der Waals surface area contributed by atoms with Crippen LogP contribution in [0.1, 0.15) is 12.0 Å². The van der Waals surface area contributed by atoms with Gasteiger partial charge in [-0.15, -0.1) is 0 Å². The Kier molecular flexibility index (Phi) is 4.01. The lowest BCUT2D eigenvalue weighted by atomic mass is 10.0. The SMILES string of the molecule is CNC(=O)[C@@H]1C[C@H]2CN(c3ncc(C)cn3)C[C@H]2N1S(C)(=O)=O. The van der Waals surface area contributed by atoms with Crippen molar-refractivity contribution in [3.05, 3.63) is 18.0 Å². The molecule has 1 N–H and O–H groups in total. The number of hydrogen-bond acceptors (Lipinski definition) is 6. The first-order valence-electron chi connectivity index (χ1n) is 7.55. The summed E-state index contributed by atoms with van der Waals surface area (Å²) in [7, 11) is -1.94. The lowest BCUT2D eigenvalue weighted by Crippen LogP contribution is -2.49. The first-order chi connectivity index (χ1) is 10.8. The average Bonchev–Trinajstić information content (AvgIpc) is 3.03. The van der Waals surface area contributed by atoms with Crippen LogP contribution >= 0.6 is 0 Å². The molecule has 0 spiro atoms. The monoisotopic (exact) mass is 339 g/mol. The number of nitrogens with zero attached hydrogens (tertiary/aromatic N) is 4. The third-order valence-electron chi connectivity index (χ3n) is 4.55. The summed E-state index contributed by atoms with van der Waals surface area (Å²) in [5.74, 6) is 0.467. The summed E-state index contributed by atoms with van der Waals surface area (Å²) in [5.41, 5.74) is 0.977. The van der Waals surface area contributed by atoms with Gasteiger partial charge in [-0.25, -0.2) is 18.4 Å². The normalized spacial score (nSPS) is 28.0. The standard InChI is InChI=1S/C14H21N5O3S/c1-9-5-16-14(17-6-9)18-7-10-4-11(13(20)15-2)19(12(10)8-18)23(3,21)22/h5-6,10-12H,4,7-8H2,1-3H3,(H,15,20)/t10-,11-,12+/m0/s1. The van der Waals surface area contributed by atoms with E-state index in [1.165, 1.54) is 11.4 Å². The molecular weight excluding hydrogens is 318 g/mol. The first kappa shape index (κ1) is 16.1. The Morgan fingerprint density at radius 2 is 1.96 bits per heavy atom. The number of hydrogen-bond donors (Lipinski definition) is 1. The van der Waals surface area contributed by atoms with Gasteiger partial charge in [0, 0.05) is 38.6 Å². The highest BCUT2D eigenvalue weighted by molar-refractivity contribution is 7.88. The van der Waals surface area contributed by atoms with Crippen molar-refractivity contribution in [3.8, 4) is 0 Å². The molecule has 1 aromatic rings. The minimum Gasteiger partial charge on any atom is -0.358 e. The van der Waals surface area contributed by atoms with Crippen molar-refractivity contribution in [1.82, 2.24) is 19.6 Å². The molecule has 3 heterocycles. The van der Waals surface area contributed by atoms with Gasteiger partial charge >= 0.3 is 0 Å². The van der Waals surface area contributed by atoms with E-state index in [1.807, 2.05) is 11.8 Å². The molecule has 2 saturated heterocycles. The number of sulfonamides is 1. The maximum atomic E-state index is 12.2. The summed E-state index contributed by atoms with van der Waals surface area (Å²) in [4.78, 5) is 22.7. The molecule has 0 radical (unpaired) electrons. The van der Waals surface area contributed by atoms with Gasteiger partial charge in [-0.3, -0.25) is 4.79 Å². The van der Waals surface area contributed by atoms with Crippen LogP contribution in [0.4, 0.5) is 5.95 Å². The molecule has 0 aliphatic carbocycles. The Bertz CT molecular complexity index is 706. The number of aromatic nitrogens is 2. The highest BCUT2D eigenvalue weighted by atomic mass is 32.2. The maximum Gasteiger partial charge on any atom is 0.238 e. The van der Waals surface area contributed by atoms with Crippen LogP contribution in [0.15, 0.2) is 12.4 Å². The molecular formula is C14H21N5O3S. The van der Waals surface area contributed by atoms with Crippen molar-refractivity contribution in [1.29, 1.82) is 0 Å². The Hall–Kier alpha value is -1.74. The molecule has 23 heavy (non-hydrogen) atoms. The van der Waals surface area contributed by atoms with Gasteiger partial charge in [0.15, 0.2) is 0 Å². The largest absolute Gasteiger partial charge is 0.358 e. The van der Waals surface area contributed by atoms with E-state index in [0.29, 0.717) is 25.5 Å². The Labute approximate surface area is 136 Å². The second-order valence-electron chi connectivity index (χ2n) is 6.25. The molecule has 9 heteroatoms. The lowest BCUT2D eigenvalue weighted by molar-refractivity contribution is -0.123. The van der Waals surface area contributed by atoms with Crippen molar-refractivity contribution in [2.75, 3.05) is 31.3 Å². The van der Waals surface area contributed by atoms with Gasteiger partial charge in [-0.05, 0) is 24.8 Å². The van der Waals surface area contributed by atoms with Crippen LogP contribution in [0.3, 0.4) is 0 Å². The molecule has 2 fully saturated rings. The maximum absolute atomic E-state index is 12.2. The number of amides is 1. The van der Waals surface area contributed by atoms with E-state index in [4.69, 9.17) is 0 Å². The summed E-state index contributed by atoms with van der Waals surface area (Å²) >= 11 is 0. The van der Waals surface area contributed by atoms with Gasteiger partial charge in [0.1, 0.15) is 6.04 Å².